The van der Waals surface area contributed by atoms with E-state index >= 15 is 0 Å². The lowest BCUT2D eigenvalue weighted by Gasteiger charge is -2.07. The number of aromatic nitrogens is 1. The van der Waals surface area contributed by atoms with Crippen LogP contribution in [0.3, 0.4) is 0 Å². The Labute approximate surface area is 127 Å². The van der Waals surface area contributed by atoms with Crippen molar-refractivity contribution in [1.29, 1.82) is 0 Å². The molecular weight excluding hydrogens is 284 g/mol. The standard InChI is InChI=1S/C16H16N2O2S/c1-10(2)8-18-9-11(12-5-3-4-6-13(12)18)7-14-15(19)17-16(20)21-14/h3-7,9-10H,8H2,1-2H3,(H,17,19,20)/b14-7-. The third kappa shape index (κ3) is 2.74. The highest BCUT2D eigenvalue weighted by Gasteiger charge is 2.25. The molecular formula is C16H16N2O2S. The van der Waals surface area contributed by atoms with Crippen LogP contribution in [-0.4, -0.2) is 15.7 Å². The number of nitrogens with zero attached hydrogens (tertiary/aromatic N) is 1. The van der Waals surface area contributed by atoms with Gasteiger partial charge in [0.05, 0.1) is 4.91 Å². The molecule has 2 aromatic rings. The summed E-state index contributed by atoms with van der Waals surface area (Å²) in [5.74, 6) is 0.220. The van der Waals surface area contributed by atoms with Crippen LogP contribution in [0.4, 0.5) is 4.79 Å². The van der Waals surface area contributed by atoms with E-state index in [2.05, 4.69) is 29.8 Å². The number of benzene rings is 1. The van der Waals surface area contributed by atoms with Gasteiger partial charge in [-0.05, 0) is 29.8 Å². The van der Waals surface area contributed by atoms with E-state index in [0.29, 0.717) is 10.8 Å². The summed E-state index contributed by atoms with van der Waals surface area (Å²) in [6, 6.07) is 8.11. The topological polar surface area (TPSA) is 51.1 Å². The summed E-state index contributed by atoms with van der Waals surface area (Å²) in [5, 5.41) is 3.07. The second-order valence-corrected chi connectivity index (χ2v) is 6.51. The van der Waals surface area contributed by atoms with Gasteiger partial charge < -0.3 is 4.57 Å². The van der Waals surface area contributed by atoms with E-state index in [0.717, 1.165) is 34.8 Å². The minimum absolute atomic E-state index is 0.308. The van der Waals surface area contributed by atoms with Gasteiger partial charge in [0.1, 0.15) is 0 Å². The molecule has 1 aromatic heterocycles. The molecule has 1 fully saturated rings. The molecule has 1 N–H and O–H groups in total. The van der Waals surface area contributed by atoms with E-state index < -0.39 is 0 Å². The van der Waals surface area contributed by atoms with Crippen molar-refractivity contribution in [3.05, 3.63) is 40.9 Å². The predicted molar refractivity (Wildman–Crippen MR) is 85.9 cm³/mol. The quantitative estimate of drug-likeness (QED) is 0.881. The normalized spacial score (nSPS) is 17.2. The smallest absolute Gasteiger partial charge is 0.290 e. The number of thioether (sulfide) groups is 1. The maximum atomic E-state index is 11.7. The summed E-state index contributed by atoms with van der Waals surface area (Å²) < 4.78 is 2.20. The molecule has 3 rings (SSSR count). The Hall–Kier alpha value is -2.01. The van der Waals surface area contributed by atoms with Gasteiger partial charge in [0.15, 0.2) is 0 Å². The fraction of sp³-hybridized carbons (Fsp3) is 0.250. The molecule has 4 nitrogen and oxygen atoms in total. The summed E-state index contributed by atoms with van der Waals surface area (Å²) in [6.45, 7) is 5.26. The number of rotatable bonds is 3. The first kappa shape index (κ1) is 13.9. The van der Waals surface area contributed by atoms with Gasteiger partial charge in [0.25, 0.3) is 11.1 Å². The van der Waals surface area contributed by atoms with Crippen LogP contribution >= 0.6 is 11.8 Å². The molecule has 0 atom stereocenters. The summed E-state index contributed by atoms with van der Waals surface area (Å²) in [5.41, 5.74) is 2.12. The molecule has 0 bridgehead atoms. The zero-order valence-corrected chi connectivity index (χ0v) is 12.7. The van der Waals surface area contributed by atoms with Crippen molar-refractivity contribution < 1.29 is 9.59 Å². The van der Waals surface area contributed by atoms with Gasteiger partial charge in [-0.15, -0.1) is 0 Å². The summed E-state index contributed by atoms with van der Waals surface area (Å²) in [6.07, 6.45) is 3.85. The first-order valence-electron chi connectivity index (χ1n) is 6.87. The lowest BCUT2D eigenvalue weighted by atomic mass is 10.1. The molecule has 1 aliphatic rings. The van der Waals surface area contributed by atoms with Crippen molar-refractivity contribution in [2.24, 2.45) is 5.92 Å². The number of hydrogen-bond donors (Lipinski definition) is 1. The Kier molecular flexibility index (Phi) is 3.59. The van der Waals surface area contributed by atoms with E-state index in [9.17, 15) is 9.59 Å². The van der Waals surface area contributed by atoms with Gasteiger partial charge in [-0.25, -0.2) is 0 Å². The molecule has 0 radical (unpaired) electrons. The molecule has 5 heteroatoms. The fourth-order valence-electron chi connectivity index (χ4n) is 2.50. The average Bonchev–Trinajstić information content (AvgIpc) is 2.91. The van der Waals surface area contributed by atoms with Crippen molar-refractivity contribution in [2.45, 2.75) is 20.4 Å². The maximum absolute atomic E-state index is 11.7. The molecule has 1 saturated heterocycles. The minimum atomic E-state index is -0.314. The Morgan fingerprint density at radius 1 is 1.29 bits per heavy atom. The van der Waals surface area contributed by atoms with Gasteiger partial charge in [-0.3, -0.25) is 14.9 Å². The molecule has 1 aromatic carbocycles. The van der Waals surface area contributed by atoms with E-state index in [-0.39, 0.29) is 11.1 Å². The lowest BCUT2D eigenvalue weighted by molar-refractivity contribution is -0.115. The number of imide groups is 1. The summed E-state index contributed by atoms with van der Waals surface area (Å²) in [4.78, 5) is 23.4. The summed E-state index contributed by atoms with van der Waals surface area (Å²) in [7, 11) is 0. The third-order valence-electron chi connectivity index (χ3n) is 3.31. The van der Waals surface area contributed by atoms with Crippen LogP contribution in [0.5, 0.6) is 0 Å². The van der Waals surface area contributed by atoms with Gasteiger partial charge in [-0.1, -0.05) is 32.0 Å². The van der Waals surface area contributed by atoms with Crippen LogP contribution in [0.15, 0.2) is 35.4 Å². The van der Waals surface area contributed by atoms with Crippen LogP contribution in [0.2, 0.25) is 0 Å². The second-order valence-electron chi connectivity index (χ2n) is 5.50. The molecule has 2 heterocycles. The molecule has 0 spiro atoms. The largest absolute Gasteiger partial charge is 0.347 e. The predicted octanol–water partition coefficient (Wildman–Crippen LogP) is 3.62. The number of carbonyl (C=O) groups excluding carboxylic acids is 2. The Morgan fingerprint density at radius 2 is 2.05 bits per heavy atom. The Morgan fingerprint density at radius 3 is 2.71 bits per heavy atom. The number of amides is 2. The third-order valence-corrected chi connectivity index (χ3v) is 4.12. The highest BCUT2D eigenvalue weighted by Crippen LogP contribution is 2.29. The summed E-state index contributed by atoms with van der Waals surface area (Å²) >= 11 is 0.952. The molecule has 0 unspecified atom stereocenters. The second kappa shape index (κ2) is 5.41. The highest BCUT2D eigenvalue weighted by molar-refractivity contribution is 8.18. The number of carbonyl (C=O) groups is 2. The Balaban J connectivity index is 2.09. The number of fused-ring (bicyclic) bond motifs is 1. The van der Waals surface area contributed by atoms with Crippen LogP contribution in [-0.2, 0) is 11.3 Å². The van der Waals surface area contributed by atoms with Gasteiger partial charge in [0, 0.05) is 29.2 Å². The van der Waals surface area contributed by atoms with Gasteiger partial charge >= 0.3 is 0 Å². The molecule has 1 aliphatic heterocycles. The molecule has 2 amide bonds. The fourth-order valence-corrected chi connectivity index (χ4v) is 3.17. The van der Waals surface area contributed by atoms with Crippen LogP contribution in [0.1, 0.15) is 19.4 Å². The van der Waals surface area contributed by atoms with Crippen molar-refractivity contribution in [2.75, 3.05) is 0 Å². The van der Waals surface area contributed by atoms with E-state index in [4.69, 9.17) is 0 Å². The molecule has 0 saturated carbocycles. The van der Waals surface area contributed by atoms with Crippen molar-refractivity contribution in [3.8, 4) is 0 Å². The van der Waals surface area contributed by atoms with E-state index in [1.54, 1.807) is 6.08 Å². The SMILES string of the molecule is CC(C)Cn1cc(/C=C2\SC(=O)NC2=O)c2ccccc21. The maximum Gasteiger partial charge on any atom is 0.290 e. The highest BCUT2D eigenvalue weighted by atomic mass is 32.2. The van der Waals surface area contributed by atoms with Gasteiger partial charge in [0.2, 0.25) is 0 Å². The Bertz CT molecular complexity index is 759. The van der Waals surface area contributed by atoms with Gasteiger partial charge in [-0.2, -0.15) is 0 Å². The first-order valence-corrected chi connectivity index (χ1v) is 7.69. The number of para-hydroxylation sites is 1. The van der Waals surface area contributed by atoms with E-state index in [1.165, 1.54) is 0 Å². The van der Waals surface area contributed by atoms with Crippen LogP contribution in [0.25, 0.3) is 17.0 Å². The van der Waals surface area contributed by atoms with Crippen molar-refractivity contribution >= 4 is 39.9 Å². The number of nitrogens with one attached hydrogen (secondary N) is 1. The first-order chi connectivity index (χ1) is 10.0. The van der Waals surface area contributed by atoms with Crippen molar-refractivity contribution in [3.63, 3.8) is 0 Å². The molecule has 0 aliphatic carbocycles. The zero-order valence-electron chi connectivity index (χ0n) is 11.9. The zero-order chi connectivity index (χ0) is 15.0. The lowest BCUT2D eigenvalue weighted by Crippen LogP contribution is -2.17. The molecule has 108 valence electrons. The van der Waals surface area contributed by atoms with Crippen molar-refractivity contribution in [1.82, 2.24) is 9.88 Å². The van der Waals surface area contributed by atoms with Crippen LogP contribution < -0.4 is 5.32 Å². The molecule has 21 heavy (non-hydrogen) atoms. The monoisotopic (exact) mass is 300 g/mol. The average molecular weight is 300 g/mol. The van der Waals surface area contributed by atoms with Crippen LogP contribution in [0, 0.1) is 5.92 Å². The number of hydrogen-bond acceptors (Lipinski definition) is 3. The van der Waals surface area contributed by atoms with E-state index in [1.807, 2.05) is 24.4 Å². The minimum Gasteiger partial charge on any atom is -0.347 e.